The van der Waals surface area contributed by atoms with Gasteiger partial charge in [0.05, 0.1) is 11.9 Å². The maximum Gasteiger partial charge on any atom is 0.152 e. The van der Waals surface area contributed by atoms with Crippen LogP contribution in [0.2, 0.25) is 0 Å². The van der Waals surface area contributed by atoms with Crippen LogP contribution in [0.4, 0.5) is 0 Å². The topological polar surface area (TPSA) is 50.7 Å². The van der Waals surface area contributed by atoms with Gasteiger partial charge in [0.2, 0.25) is 0 Å². The van der Waals surface area contributed by atoms with E-state index in [1.165, 1.54) is 12.8 Å². The molecule has 1 atom stereocenters. The molecule has 14 heavy (non-hydrogen) atoms. The number of nitrogens with one attached hydrogen (secondary N) is 1. The second kappa shape index (κ2) is 4.00. The molecule has 76 valence electrons. The van der Waals surface area contributed by atoms with Gasteiger partial charge in [0.15, 0.2) is 5.82 Å². The molecular weight excluding hydrogens is 176 g/mol. The molecule has 0 aromatic carbocycles. The maximum absolute atomic E-state index is 4.51. The van der Waals surface area contributed by atoms with Gasteiger partial charge in [-0.15, -0.1) is 5.10 Å². The summed E-state index contributed by atoms with van der Waals surface area (Å²) in [7, 11) is 1.95. The van der Waals surface area contributed by atoms with Crippen molar-refractivity contribution in [3.63, 3.8) is 0 Å². The summed E-state index contributed by atoms with van der Waals surface area (Å²) in [6.07, 6.45) is 5.18. The van der Waals surface area contributed by atoms with E-state index in [0.717, 1.165) is 17.9 Å². The average molecular weight is 192 g/mol. The minimum atomic E-state index is 0.409. The third-order valence-electron chi connectivity index (χ3n) is 2.60. The van der Waals surface area contributed by atoms with E-state index in [1.807, 2.05) is 7.05 Å². The molecule has 1 unspecified atom stereocenters. The summed E-state index contributed by atoms with van der Waals surface area (Å²) < 4.78 is 0. The summed E-state index contributed by atoms with van der Waals surface area (Å²) in [5.41, 5.74) is 1.12. The van der Waals surface area contributed by atoms with Crippen molar-refractivity contribution in [2.45, 2.75) is 38.1 Å². The molecule has 0 aliphatic heterocycles. The van der Waals surface area contributed by atoms with Gasteiger partial charge in [-0.1, -0.05) is 0 Å². The lowest BCUT2D eigenvalue weighted by Crippen LogP contribution is -2.24. The minimum absolute atomic E-state index is 0.409. The maximum atomic E-state index is 4.51. The van der Waals surface area contributed by atoms with E-state index < -0.39 is 0 Å². The van der Waals surface area contributed by atoms with E-state index in [9.17, 15) is 0 Å². The Morgan fingerprint density at radius 3 is 3.00 bits per heavy atom. The van der Waals surface area contributed by atoms with Gasteiger partial charge in [0, 0.05) is 18.4 Å². The molecular formula is C10H16N4. The Hall–Kier alpha value is -1.03. The molecule has 1 aromatic rings. The number of hydrogen-bond donors (Lipinski definition) is 1. The number of nitrogens with zero attached hydrogens (tertiary/aromatic N) is 3. The van der Waals surface area contributed by atoms with Crippen LogP contribution >= 0.6 is 0 Å². The summed E-state index contributed by atoms with van der Waals surface area (Å²) >= 11 is 0. The molecule has 1 aromatic heterocycles. The molecule has 1 saturated carbocycles. The van der Waals surface area contributed by atoms with Crippen molar-refractivity contribution in [2.24, 2.45) is 0 Å². The minimum Gasteiger partial charge on any atom is -0.317 e. The Morgan fingerprint density at radius 1 is 1.57 bits per heavy atom. The third kappa shape index (κ3) is 2.26. The van der Waals surface area contributed by atoms with E-state index in [2.05, 4.69) is 27.4 Å². The first-order chi connectivity index (χ1) is 6.79. The van der Waals surface area contributed by atoms with Crippen molar-refractivity contribution in [2.75, 3.05) is 7.05 Å². The van der Waals surface area contributed by atoms with Crippen molar-refractivity contribution < 1.29 is 0 Å². The van der Waals surface area contributed by atoms with Crippen molar-refractivity contribution in [3.05, 3.63) is 17.7 Å². The fourth-order valence-corrected chi connectivity index (χ4v) is 1.39. The van der Waals surface area contributed by atoms with Crippen LogP contribution in [0, 0.1) is 0 Å². The van der Waals surface area contributed by atoms with Crippen LogP contribution in [0.1, 0.15) is 37.2 Å². The molecule has 0 spiro atoms. The molecule has 0 amide bonds. The summed E-state index contributed by atoms with van der Waals surface area (Å²) in [4.78, 5) is 4.51. The average Bonchev–Trinajstić information content (AvgIpc) is 3.01. The van der Waals surface area contributed by atoms with Gasteiger partial charge in [-0.25, -0.2) is 4.98 Å². The second-order valence-electron chi connectivity index (χ2n) is 3.97. The highest BCUT2D eigenvalue weighted by Gasteiger charge is 2.25. The standard InChI is InChI=1S/C10H16N4/c1-7(11-2)5-10-13-9(6-12-14-10)8-3-4-8/h6-8,11H,3-5H2,1-2H3. The highest BCUT2D eigenvalue weighted by atomic mass is 15.1. The fourth-order valence-electron chi connectivity index (χ4n) is 1.39. The van der Waals surface area contributed by atoms with E-state index in [-0.39, 0.29) is 0 Å². The van der Waals surface area contributed by atoms with Crippen LogP contribution in [-0.4, -0.2) is 28.3 Å². The van der Waals surface area contributed by atoms with E-state index in [4.69, 9.17) is 0 Å². The molecule has 0 bridgehead atoms. The highest BCUT2D eigenvalue weighted by molar-refractivity contribution is 5.10. The van der Waals surface area contributed by atoms with Crippen LogP contribution in [-0.2, 0) is 6.42 Å². The number of aromatic nitrogens is 3. The van der Waals surface area contributed by atoms with E-state index >= 15 is 0 Å². The fraction of sp³-hybridized carbons (Fsp3) is 0.700. The monoisotopic (exact) mass is 192 g/mol. The van der Waals surface area contributed by atoms with E-state index in [0.29, 0.717) is 12.0 Å². The Kier molecular flexibility index (Phi) is 2.72. The first kappa shape index (κ1) is 9.52. The molecule has 4 nitrogen and oxygen atoms in total. The predicted molar refractivity (Wildman–Crippen MR) is 54.0 cm³/mol. The Balaban J connectivity index is 2.05. The number of likely N-dealkylation sites (N-methyl/N-ethyl adjacent to an activating group) is 1. The van der Waals surface area contributed by atoms with Crippen molar-refractivity contribution >= 4 is 0 Å². The zero-order valence-electron chi connectivity index (χ0n) is 8.70. The van der Waals surface area contributed by atoms with Gasteiger partial charge >= 0.3 is 0 Å². The molecule has 1 aliphatic rings. The molecule has 2 rings (SSSR count). The lowest BCUT2D eigenvalue weighted by Gasteiger charge is -2.08. The smallest absolute Gasteiger partial charge is 0.152 e. The SMILES string of the molecule is CNC(C)Cc1nncc(C2CC2)n1. The van der Waals surface area contributed by atoms with Crippen LogP contribution in [0.25, 0.3) is 0 Å². The van der Waals surface area contributed by atoms with E-state index in [1.54, 1.807) is 6.20 Å². The van der Waals surface area contributed by atoms with Crippen LogP contribution in [0.5, 0.6) is 0 Å². The summed E-state index contributed by atoms with van der Waals surface area (Å²) in [6.45, 7) is 2.12. The molecule has 4 heteroatoms. The first-order valence-electron chi connectivity index (χ1n) is 5.15. The molecule has 0 saturated heterocycles. The Labute approximate surface area is 84.2 Å². The quantitative estimate of drug-likeness (QED) is 0.770. The normalized spacial score (nSPS) is 18.1. The zero-order chi connectivity index (χ0) is 9.97. The molecule has 1 N–H and O–H groups in total. The van der Waals surface area contributed by atoms with Gasteiger partial charge in [-0.2, -0.15) is 5.10 Å². The summed E-state index contributed by atoms with van der Waals surface area (Å²) in [5, 5.41) is 11.2. The van der Waals surface area contributed by atoms with Gasteiger partial charge in [-0.3, -0.25) is 0 Å². The van der Waals surface area contributed by atoms with Gasteiger partial charge in [0.1, 0.15) is 0 Å². The Bertz CT molecular complexity index is 309. The largest absolute Gasteiger partial charge is 0.317 e. The second-order valence-corrected chi connectivity index (χ2v) is 3.97. The zero-order valence-corrected chi connectivity index (χ0v) is 8.70. The van der Waals surface area contributed by atoms with Crippen LogP contribution in [0.15, 0.2) is 6.20 Å². The predicted octanol–water partition coefficient (Wildman–Crippen LogP) is 0.899. The first-order valence-corrected chi connectivity index (χ1v) is 5.15. The van der Waals surface area contributed by atoms with Gasteiger partial charge in [0.25, 0.3) is 0 Å². The lowest BCUT2D eigenvalue weighted by atomic mass is 10.2. The summed E-state index contributed by atoms with van der Waals surface area (Å²) in [5.74, 6) is 1.52. The van der Waals surface area contributed by atoms with Crippen molar-refractivity contribution in [1.29, 1.82) is 0 Å². The highest BCUT2D eigenvalue weighted by Crippen LogP contribution is 2.38. The van der Waals surface area contributed by atoms with Gasteiger partial charge in [-0.05, 0) is 26.8 Å². The number of hydrogen-bond acceptors (Lipinski definition) is 4. The lowest BCUT2D eigenvalue weighted by molar-refractivity contribution is 0.581. The third-order valence-corrected chi connectivity index (χ3v) is 2.60. The molecule has 1 heterocycles. The van der Waals surface area contributed by atoms with Crippen LogP contribution in [0.3, 0.4) is 0 Å². The van der Waals surface area contributed by atoms with Crippen LogP contribution < -0.4 is 5.32 Å². The molecule has 0 radical (unpaired) electrons. The van der Waals surface area contributed by atoms with Crippen molar-refractivity contribution in [1.82, 2.24) is 20.5 Å². The number of rotatable bonds is 4. The molecule has 1 aliphatic carbocycles. The molecule has 1 fully saturated rings. The summed E-state index contributed by atoms with van der Waals surface area (Å²) in [6, 6.07) is 0.409. The van der Waals surface area contributed by atoms with Crippen molar-refractivity contribution in [3.8, 4) is 0 Å². The Morgan fingerprint density at radius 2 is 2.36 bits per heavy atom. The van der Waals surface area contributed by atoms with Gasteiger partial charge < -0.3 is 5.32 Å².